The number of carbonyl (C=O) groups is 9. The summed E-state index contributed by atoms with van der Waals surface area (Å²) in [6, 6.07) is 34.4. The molecule has 0 aromatic heterocycles. The highest BCUT2D eigenvalue weighted by Gasteiger charge is 2.24. The molecule has 0 radical (unpaired) electrons. The largest absolute Gasteiger partial charge is 0.454 e. The topological polar surface area (TPSA) is 220 Å². The van der Waals surface area contributed by atoms with Gasteiger partial charge in [-0.25, -0.2) is 9.59 Å². The van der Waals surface area contributed by atoms with Gasteiger partial charge in [0.25, 0.3) is 23.6 Å². The Morgan fingerprint density at radius 3 is 1.30 bits per heavy atom. The summed E-state index contributed by atoms with van der Waals surface area (Å²) >= 11 is 1.08. The first kappa shape index (κ1) is 51.4. The fraction of sp³-hybridized carbons (Fsp3) is 0.109. The van der Waals surface area contributed by atoms with E-state index in [-0.39, 0.29) is 61.9 Å². The van der Waals surface area contributed by atoms with Gasteiger partial charge in [0.05, 0.1) is 22.3 Å². The summed E-state index contributed by atoms with van der Waals surface area (Å²) < 4.78 is 10.4. The van der Waals surface area contributed by atoms with Crippen LogP contribution in [0.4, 0.5) is 17.1 Å². The van der Waals surface area contributed by atoms with E-state index in [0.29, 0.717) is 32.3 Å². The highest BCUT2D eigenvalue weighted by atomic mass is 32.2. The highest BCUT2D eigenvalue weighted by Crippen LogP contribution is 2.32. The zero-order valence-electron chi connectivity index (χ0n) is 38.9. The third-order valence-electron chi connectivity index (χ3n) is 10.4. The summed E-state index contributed by atoms with van der Waals surface area (Å²) in [5, 5.41) is 10.8. The van der Waals surface area contributed by atoms with Crippen LogP contribution in [-0.4, -0.2) is 73.2 Å². The number of rotatable bonds is 19. The van der Waals surface area contributed by atoms with Gasteiger partial charge in [0.1, 0.15) is 0 Å². The molecule has 4 N–H and O–H groups in total. The van der Waals surface area contributed by atoms with Gasteiger partial charge in [-0.1, -0.05) is 72.9 Å². The number of nitrogens with one attached hydrogen (secondary N) is 4. The number of carbonyl (C=O) groups excluding carboxylic acids is 9. The number of esters is 2. The van der Waals surface area contributed by atoms with E-state index in [1.807, 2.05) is 13.0 Å². The summed E-state index contributed by atoms with van der Waals surface area (Å²) in [7, 11) is 1.37. The molecule has 0 spiro atoms. The molecule has 15 nitrogen and oxygen atoms in total. The Morgan fingerprint density at radius 1 is 0.465 bits per heavy atom. The van der Waals surface area contributed by atoms with Crippen LogP contribution in [0.15, 0.2) is 168 Å². The minimum Gasteiger partial charge on any atom is -0.454 e. The summed E-state index contributed by atoms with van der Waals surface area (Å²) in [5.41, 5.74) is 2.80. The number of Topliss-reactive ketones (excluding diaryl/α,β-unsaturated/α-hetero) is 2. The van der Waals surface area contributed by atoms with E-state index in [9.17, 15) is 43.2 Å². The average Bonchev–Trinajstić information content (AvgIpc) is 3.36. The van der Waals surface area contributed by atoms with Crippen molar-refractivity contribution in [2.75, 3.05) is 36.2 Å². The van der Waals surface area contributed by atoms with Gasteiger partial charge in [-0.2, -0.15) is 0 Å². The van der Waals surface area contributed by atoms with Gasteiger partial charge in [0.2, 0.25) is 0 Å². The molecule has 0 aliphatic rings. The third-order valence-corrected chi connectivity index (χ3v) is 11.4. The van der Waals surface area contributed by atoms with Gasteiger partial charge < -0.3 is 30.7 Å². The standard InChI is InChI=1S/C55H46N4O11S/c1-31(2)47(60)29-69-54(67)43-21-19-41(27-45(43)52(65)56-6)71-42-20-22-44(55(68)70-30-48(61)32(3)4)46(28-42)53(66)59-40-18-10-15-37(26-40)51(64)58-39-17-9-13-35(25-39)49(62)34-12-8-16-38(24-34)57-50(63)36-14-7-11-33(5)23-36/h7-28H,1,3,29-30H2,2,4-6H3,(H,56,65)(H,57,63)(H,58,64)(H,59,66). The number of anilines is 3. The molecule has 4 amide bonds. The molecule has 0 unspecified atom stereocenters. The molecule has 71 heavy (non-hydrogen) atoms. The zero-order chi connectivity index (χ0) is 51.4. The molecule has 6 rings (SSSR count). The fourth-order valence-electron chi connectivity index (χ4n) is 6.61. The van der Waals surface area contributed by atoms with Crippen LogP contribution in [0.2, 0.25) is 0 Å². The summed E-state index contributed by atoms with van der Waals surface area (Å²) in [6.07, 6.45) is 0. The Kier molecular flexibility index (Phi) is 16.9. The summed E-state index contributed by atoms with van der Waals surface area (Å²) in [6.45, 7) is 10.7. The van der Waals surface area contributed by atoms with E-state index in [4.69, 9.17) is 9.47 Å². The van der Waals surface area contributed by atoms with Crippen LogP contribution in [0.3, 0.4) is 0 Å². The van der Waals surface area contributed by atoms with E-state index in [2.05, 4.69) is 34.4 Å². The Bertz CT molecular complexity index is 3200. The summed E-state index contributed by atoms with van der Waals surface area (Å²) in [5.74, 6) is -5.58. The first-order chi connectivity index (χ1) is 33.9. The normalized spacial score (nSPS) is 10.5. The molecule has 0 bridgehead atoms. The van der Waals surface area contributed by atoms with Crippen molar-refractivity contribution in [1.82, 2.24) is 5.32 Å². The number of hydrogen-bond acceptors (Lipinski definition) is 12. The Labute approximate surface area is 412 Å². The second-order valence-corrected chi connectivity index (χ2v) is 17.1. The lowest BCUT2D eigenvalue weighted by atomic mass is 10.0. The molecule has 16 heteroatoms. The second kappa shape index (κ2) is 23.3. The van der Waals surface area contributed by atoms with Crippen molar-refractivity contribution in [3.63, 3.8) is 0 Å². The predicted molar refractivity (Wildman–Crippen MR) is 268 cm³/mol. The van der Waals surface area contributed by atoms with E-state index < -0.39 is 54.4 Å². The van der Waals surface area contributed by atoms with Gasteiger partial charge in [0, 0.05) is 56.2 Å². The Hall–Kier alpha value is -9.02. The van der Waals surface area contributed by atoms with Crippen molar-refractivity contribution in [3.05, 3.63) is 208 Å². The van der Waals surface area contributed by atoms with E-state index in [0.717, 1.165) is 17.3 Å². The van der Waals surface area contributed by atoms with Gasteiger partial charge in [-0.05, 0) is 123 Å². The summed E-state index contributed by atoms with van der Waals surface area (Å²) in [4.78, 5) is 119. The number of hydrogen-bond donors (Lipinski definition) is 4. The molecule has 6 aromatic carbocycles. The number of aryl methyl sites for hydroxylation is 1. The van der Waals surface area contributed by atoms with Crippen LogP contribution >= 0.6 is 11.8 Å². The van der Waals surface area contributed by atoms with Crippen molar-refractivity contribution in [3.8, 4) is 0 Å². The van der Waals surface area contributed by atoms with Gasteiger partial charge >= 0.3 is 11.9 Å². The highest BCUT2D eigenvalue weighted by molar-refractivity contribution is 7.99. The molecular weight excluding hydrogens is 925 g/mol. The van der Waals surface area contributed by atoms with Crippen LogP contribution in [-0.2, 0) is 19.1 Å². The minimum atomic E-state index is -0.984. The molecule has 0 saturated heterocycles. The molecule has 0 aliphatic heterocycles. The second-order valence-electron chi connectivity index (χ2n) is 16.0. The smallest absolute Gasteiger partial charge is 0.339 e. The van der Waals surface area contributed by atoms with Crippen LogP contribution in [0.5, 0.6) is 0 Å². The van der Waals surface area contributed by atoms with Gasteiger partial charge in [-0.15, -0.1) is 0 Å². The van der Waals surface area contributed by atoms with Crippen LogP contribution < -0.4 is 21.3 Å². The lowest BCUT2D eigenvalue weighted by Crippen LogP contribution is -2.23. The van der Waals surface area contributed by atoms with E-state index in [1.165, 1.54) is 87.6 Å². The molecule has 6 aromatic rings. The molecule has 0 saturated carbocycles. The maximum atomic E-state index is 14.1. The maximum Gasteiger partial charge on any atom is 0.339 e. The van der Waals surface area contributed by atoms with Crippen molar-refractivity contribution in [1.29, 1.82) is 0 Å². The average molecular weight is 971 g/mol. The maximum absolute atomic E-state index is 14.1. The Balaban J connectivity index is 1.19. The number of ketones is 3. The number of benzene rings is 6. The van der Waals surface area contributed by atoms with E-state index in [1.54, 1.807) is 60.7 Å². The predicted octanol–water partition coefficient (Wildman–Crippen LogP) is 9.10. The third kappa shape index (κ3) is 13.6. The molecular formula is C55H46N4O11S. The lowest BCUT2D eigenvalue weighted by Gasteiger charge is -2.14. The van der Waals surface area contributed by atoms with E-state index >= 15 is 0 Å². The molecule has 0 heterocycles. The molecule has 0 atom stereocenters. The number of ether oxygens (including phenoxy) is 2. The monoisotopic (exact) mass is 970 g/mol. The van der Waals surface area contributed by atoms with Crippen molar-refractivity contribution in [2.24, 2.45) is 0 Å². The van der Waals surface area contributed by atoms with Crippen molar-refractivity contribution in [2.45, 2.75) is 30.6 Å². The Morgan fingerprint density at radius 2 is 0.859 bits per heavy atom. The quantitative estimate of drug-likeness (QED) is 0.0339. The van der Waals surface area contributed by atoms with Crippen molar-refractivity contribution < 1.29 is 52.6 Å². The molecule has 358 valence electrons. The fourth-order valence-corrected chi connectivity index (χ4v) is 7.51. The van der Waals surface area contributed by atoms with Gasteiger partial charge in [0.15, 0.2) is 30.6 Å². The lowest BCUT2D eigenvalue weighted by molar-refractivity contribution is -0.119. The zero-order valence-corrected chi connectivity index (χ0v) is 39.7. The van der Waals surface area contributed by atoms with Crippen molar-refractivity contribution >= 4 is 81.7 Å². The molecule has 0 fully saturated rings. The SMILES string of the molecule is C=C(C)C(=O)COC(=O)c1ccc(Sc2ccc(C(=O)OCC(=O)C(=C)C)c(C(=O)Nc3cccc(C(=O)Nc4cccc(C(=O)c5cccc(NC(=O)c6cccc(C)c6)c5)c4)c3)c2)cc1C(=O)NC. The molecule has 0 aliphatic carbocycles. The van der Waals surface area contributed by atoms with Crippen LogP contribution in [0, 0.1) is 6.92 Å². The number of amides is 4. The van der Waals surface area contributed by atoms with Crippen LogP contribution in [0.1, 0.15) is 97.5 Å². The first-order valence-electron chi connectivity index (χ1n) is 21.7. The first-order valence-corrected chi connectivity index (χ1v) is 22.5. The minimum absolute atomic E-state index is 0.0563. The van der Waals surface area contributed by atoms with Crippen LogP contribution in [0.25, 0.3) is 0 Å². The van der Waals surface area contributed by atoms with Gasteiger partial charge in [-0.3, -0.25) is 33.6 Å².